The Morgan fingerprint density at radius 2 is 2.00 bits per heavy atom. The Hall–Kier alpha value is -1.92. The first-order valence-corrected chi connectivity index (χ1v) is 6.52. The molecular weight excluding hydrogens is 262 g/mol. The van der Waals surface area contributed by atoms with E-state index in [1.165, 1.54) is 23.9 Å². The summed E-state index contributed by atoms with van der Waals surface area (Å²) >= 11 is 1.45. The first-order chi connectivity index (χ1) is 9.08. The molecule has 0 aliphatic carbocycles. The third-order valence-electron chi connectivity index (χ3n) is 2.55. The normalized spacial score (nSPS) is 12.1. The molecule has 98 valence electrons. The van der Waals surface area contributed by atoms with Crippen molar-refractivity contribution in [2.75, 3.05) is 0 Å². The van der Waals surface area contributed by atoms with Crippen molar-refractivity contribution in [3.05, 3.63) is 58.3 Å². The second-order valence-electron chi connectivity index (χ2n) is 4.04. The molecule has 1 aromatic heterocycles. The average Bonchev–Trinajstić information content (AvgIpc) is 2.39. The van der Waals surface area contributed by atoms with Crippen molar-refractivity contribution in [3.63, 3.8) is 0 Å². The standard InChI is InChI=1S/C13H13N3O2S/c1-9(14)12-3-2-8-15-13(12)19-11-6-4-10(5-7-11)16(17)18/h2-9H,14H2,1H3. The highest BCUT2D eigenvalue weighted by molar-refractivity contribution is 7.99. The Morgan fingerprint density at radius 3 is 2.58 bits per heavy atom. The van der Waals surface area contributed by atoms with E-state index in [4.69, 9.17) is 5.73 Å². The second kappa shape index (κ2) is 5.81. The van der Waals surface area contributed by atoms with E-state index >= 15 is 0 Å². The first-order valence-electron chi connectivity index (χ1n) is 5.70. The molecule has 0 fully saturated rings. The number of nitro groups is 1. The summed E-state index contributed by atoms with van der Waals surface area (Å²) < 4.78 is 0. The van der Waals surface area contributed by atoms with Gasteiger partial charge >= 0.3 is 0 Å². The van der Waals surface area contributed by atoms with Gasteiger partial charge in [-0.3, -0.25) is 10.1 Å². The number of hydrogen-bond acceptors (Lipinski definition) is 5. The van der Waals surface area contributed by atoms with Gasteiger partial charge in [-0.25, -0.2) is 4.98 Å². The minimum absolute atomic E-state index is 0.0813. The van der Waals surface area contributed by atoms with Gasteiger partial charge in [-0.15, -0.1) is 0 Å². The summed E-state index contributed by atoms with van der Waals surface area (Å²) in [7, 11) is 0. The molecule has 19 heavy (non-hydrogen) atoms. The van der Waals surface area contributed by atoms with Crippen LogP contribution < -0.4 is 5.73 Å². The van der Waals surface area contributed by atoms with Crippen molar-refractivity contribution in [3.8, 4) is 0 Å². The van der Waals surface area contributed by atoms with Crippen LogP contribution in [-0.4, -0.2) is 9.91 Å². The van der Waals surface area contributed by atoms with Crippen molar-refractivity contribution in [2.45, 2.75) is 22.9 Å². The number of benzene rings is 1. The van der Waals surface area contributed by atoms with Crippen molar-refractivity contribution in [1.29, 1.82) is 0 Å². The lowest BCUT2D eigenvalue weighted by Gasteiger charge is -2.10. The molecule has 6 heteroatoms. The predicted molar refractivity (Wildman–Crippen MR) is 74.1 cm³/mol. The topological polar surface area (TPSA) is 82.0 Å². The van der Waals surface area contributed by atoms with Crippen molar-refractivity contribution in [2.24, 2.45) is 5.73 Å². The highest BCUT2D eigenvalue weighted by atomic mass is 32.2. The number of aromatic nitrogens is 1. The van der Waals surface area contributed by atoms with Crippen LogP contribution in [0.3, 0.4) is 0 Å². The van der Waals surface area contributed by atoms with E-state index < -0.39 is 4.92 Å². The van der Waals surface area contributed by atoms with E-state index in [1.807, 2.05) is 19.1 Å². The maximum absolute atomic E-state index is 10.6. The number of nitrogens with zero attached hydrogens (tertiary/aromatic N) is 2. The van der Waals surface area contributed by atoms with Crippen LogP contribution in [0.1, 0.15) is 18.5 Å². The summed E-state index contributed by atoms with van der Waals surface area (Å²) in [4.78, 5) is 15.4. The largest absolute Gasteiger partial charge is 0.324 e. The molecule has 0 spiro atoms. The fourth-order valence-corrected chi connectivity index (χ4v) is 2.56. The monoisotopic (exact) mass is 275 g/mol. The van der Waals surface area contributed by atoms with E-state index in [1.54, 1.807) is 18.3 Å². The molecule has 0 amide bonds. The third kappa shape index (κ3) is 3.30. The summed E-state index contributed by atoms with van der Waals surface area (Å²) in [6.07, 6.45) is 1.71. The number of hydrogen-bond donors (Lipinski definition) is 1. The van der Waals surface area contributed by atoms with Gasteiger partial charge in [0.15, 0.2) is 0 Å². The highest BCUT2D eigenvalue weighted by Crippen LogP contribution is 2.31. The van der Waals surface area contributed by atoms with Crippen LogP contribution in [0.2, 0.25) is 0 Å². The van der Waals surface area contributed by atoms with Crippen LogP contribution in [0.4, 0.5) is 5.69 Å². The number of pyridine rings is 1. The molecule has 0 saturated carbocycles. The lowest BCUT2D eigenvalue weighted by atomic mass is 10.2. The van der Waals surface area contributed by atoms with Gasteiger partial charge in [0.05, 0.1) is 4.92 Å². The first kappa shape index (κ1) is 13.5. The fraction of sp³-hybridized carbons (Fsp3) is 0.154. The smallest absolute Gasteiger partial charge is 0.269 e. The van der Waals surface area contributed by atoms with Crippen LogP contribution in [0.25, 0.3) is 0 Å². The predicted octanol–water partition coefficient (Wildman–Crippen LogP) is 3.16. The fourth-order valence-electron chi connectivity index (χ4n) is 1.58. The molecule has 1 atom stereocenters. The zero-order valence-corrected chi connectivity index (χ0v) is 11.1. The maximum Gasteiger partial charge on any atom is 0.269 e. The SMILES string of the molecule is CC(N)c1cccnc1Sc1ccc([N+](=O)[O-])cc1. The van der Waals surface area contributed by atoms with E-state index in [0.717, 1.165) is 15.5 Å². The summed E-state index contributed by atoms with van der Waals surface area (Å²) in [5.41, 5.74) is 6.93. The van der Waals surface area contributed by atoms with Crippen LogP contribution in [-0.2, 0) is 0 Å². The van der Waals surface area contributed by atoms with Crippen LogP contribution in [0.5, 0.6) is 0 Å². The molecule has 2 aromatic rings. The van der Waals surface area contributed by atoms with E-state index in [9.17, 15) is 10.1 Å². The van der Waals surface area contributed by atoms with Crippen LogP contribution >= 0.6 is 11.8 Å². The van der Waals surface area contributed by atoms with Crippen molar-refractivity contribution >= 4 is 17.4 Å². The quantitative estimate of drug-likeness (QED) is 0.684. The van der Waals surface area contributed by atoms with Crippen molar-refractivity contribution in [1.82, 2.24) is 4.98 Å². The molecule has 0 radical (unpaired) electrons. The lowest BCUT2D eigenvalue weighted by Crippen LogP contribution is -2.07. The Bertz CT molecular complexity index is 585. The molecular formula is C13H13N3O2S. The van der Waals surface area contributed by atoms with Gasteiger partial charge in [0, 0.05) is 34.8 Å². The molecule has 5 nitrogen and oxygen atoms in total. The minimum atomic E-state index is -0.414. The number of rotatable bonds is 4. The lowest BCUT2D eigenvalue weighted by molar-refractivity contribution is -0.384. The van der Waals surface area contributed by atoms with Crippen LogP contribution in [0, 0.1) is 10.1 Å². The third-order valence-corrected chi connectivity index (χ3v) is 3.60. The van der Waals surface area contributed by atoms with Crippen LogP contribution in [0.15, 0.2) is 52.5 Å². The van der Waals surface area contributed by atoms with E-state index in [-0.39, 0.29) is 11.7 Å². The summed E-state index contributed by atoms with van der Waals surface area (Å²) in [6, 6.07) is 10.1. The molecule has 2 rings (SSSR count). The van der Waals surface area contributed by atoms with Gasteiger partial charge in [-0.05, 0) is 25.1 Å². The summed E-state index contributed by atoms with van der Waals surface area (Å²) in [5.74, 6) is 0. The van der Waals surface area contributed by atoms with Crippen molar-refractivity contribution < 1.29 is 4.92 Å². The van der Waals surface area contributed by atoms with Gasteiger partial charge in [0.1, 0.15) is 5.03 Å². The Morgan fingerprint density at radius 1 is 1.32 bits per heavy atom. The van der Waals surface area contributed by atoms with Gasteiger partial charge < -0.3 is 5.73 Å². The van der Waals surface area contributed by atoms with Gasteiger partial charge in [-0.2, -0.15) is 0 Å². The Kier molecular flexibility index (Phi) is 4.13. The maximum atomic E-state index is 10.6. The van der Waals surface area contributed by atoms with E-state index in [2.05, 4.69) is 4.98 Å². The molecule has 1 heterocycles. The zero-order valence-electron chi connectivity index (χ0n) is 10.3. The van der Waals surface area contributed by atoms with Gasteiger partial charge in [-0.1, -0.05) is 17.8 Å². The molecule has 0 aliphatic rings. The molecule has 1 aromatic carbocycles. The van der Waals surface area contributed by atoms with Gasteiger partial charge in [0.2, 0.25) is 0 Å². The molecule has 0 bridgehead atoms. The number of nitro benzene ring substituents is 1. The second-order valence-corrected chi connectivity index (χ2v) is 5.10. The van der Waals surface area contributed by atoms with Gasteiger partial charge in [0.25, 0.3) is 5.69 Å². The molecule has 0 aliphatic heterocycles. The molecule has 1 unspecified atom stereocenters. The zero-order chi connectivity index (χ0) is 13.8. The Labute approximate surface area is 115 Å². The highest BCUT2D eigenvalue weighted by Gasteiger charge is 2.10. The number of nitrogens with two attached hydrogens (primary N) is 1. The summed E-state index contributed by atoms with van der Waals surface area (Å²) in [5, 5.41) is 11.4. The minimum Gasteiger partial charge on any atom is -0.324 e. The summed E-state index contributed by atoms with van der Waals surface area (Å²) in [6.45, 7) is 1.90. The Balaban J connectivity index is 2.24. The van der Waals surface area contributed by atoms with E-state index in [0.29, 0.717) is 0 Å². The molecule has 0 saturated heterocycles. The average molecular weight is 275 g/mol. The molecule has 2 N–H and O–H groups in total. The number of non-ortho nitro benzene ring substituents is 1.